The number of rotatable bonds is 5. The van der Waals surface area contributed by atoms with Gasteiger partial charge in [0.05, 0.1) is 12.2 Å². The molecular formula is C17H28O4. The second kappa shape index (κ2) is 8.20. The summed E-state index contributed by atoms with van der Waals surface area (Å²) in [5.41, 5.74) is 0.926. The molecule has 4 heteroatoms. The molecule has 0 heterocycles. The summed E-state index contributed by atoms with van der Waals surface area (Å²) in [5.74, 6) is -0.828. The molecular weight excluding hydrogens is 268 g/mol. The zero-order valence-electron chi connectivity index (χ0n) is 13.9. The van der Waals surface area contributed by atoms with Crippen LogP contribution in [0.2, 0.25) is 0 Å². The van der Waals surface area contributed by atoms with Crippen LogP contribution < -0.4 is 0 Å². The Hall–Kier alpha value is -1.32. The molecule has 0 saturated heterocycles. The van der Waals surface area contributed by atoms with Crippen LogP contribution in [0.3, 0.4) is 0 Å². The van der Waals surface area contributed by atoms with Crippen LogP contribution in [0.25, 0.3) is 0 Å². The van der Waals surface area contributed by atoms with Crippen molar-refractivity contribution in [3.05, 3.63) is 11.1 Å². The molecule has 0 amide bonds. The van der Waals surface area contributed by atoms with Crippen LogP contribution in [0, 0.1) is 5.92 Å². The number of allylic oxidation sites excluding steroid dienone is 1. The summed E-state index contributed by atoms with van der Waals surface area (Å²) in [7, 11) is 0. The molecule has 0 atom stereocenters. The second-order valence-electron chi connectivity index (χ2n) is 6.30. The number of carbonyl (C=O) groups excluding carboxylic acids is 2. The molecule has 1 aliphatic rings. The first kappa shape index (κ1) is 17.7. The van der Waals surface area contributed by atoms with E-state index in [1.807, 2.05) is 6.92 Å². The summed E-state index contributed by atoms with van der Waals surface area (Å²) in [6.45, 7) is 8.98. The standard InChI is InChI=1S/C17H28O4/c1-11(2)20-16(18)15(17(19)21-12(3)4)13(5)14-9-7-6-8-10-14/h11-12,14H,6-10H2,1-5H3. The third-order valence-electron chi connectivity index (χ3n) is 3.71. The molecule has 1 saturated carbocycles. The van der Waals surface area contributed by atoms with E-state index in [2.05, 4.69) is 0 Å². The average Bonchev–Trinajstić information content (AvgIpc) is 2.38. The summed E-state index contributed by atoms with van der Waals surface area (Å²) in [5, 5.41) is 0. The molecule has 0 bridgehead atoms. The zero-order valence-corrected chi connectivity index (χ0v) is 13.9. The lowest BCUT2D eigenvalue weighted by Gasteiger charge is -2.24. The second-order valence-corrected chi connectivity index (χ2v) is 6.30. The minimum atomic E-state index is -0.557. The average molecular weight is 296 g/mol. The van der Waals surface area contributed by atoms with E-state index in [0.29, 0.717) is 0 Å². The van der Waals surface area contributed by atoms with E-state index in [1.54, 1.807) is 27.7 Å². The molecule has 0 N–H and O–H groups in total. The highest BCUT2D eigenvalue weighted by Gasteiger charge is 2.29. The number of esters is 2. The van der Waals surface area contributed by atoms with Crippen molar-refractivity contribution in [2.24, 2.45) is 5.92 Å². The molecule has 0 aromatic carbocycles. The first-order valence-electron chi connectivity index (χ1n) is 7.95. The van der Waals surface area contributed by atoms with Gasteiger partial charge in [-0.25, -0.2) is 9.59 Å². The van der Waals surface area contributed by atoms with Crippen molar-refractivity contribution in [3.63, 3.8) is 0 Å². The highest BCUT2D eigenvalue weighted by atomic mass is 16.6. The Balaban J connectivity index is 3.03. The molecule has 1 aliphatic carbocycles. The Morgan fingerprint density at radius 1 is 0.857 bits per heavy atom. The zero-order chi connectivity index (χ0) is 16.0. The fourth-order valence-corrected chi connectivity index (χ4v) is 2.69. The van der Waals surface area contributed by atoms with Gasteiger partial charge in [0.1, 0.15) is 5.57 Å². The SMILES string of the molecule is CC(=C(C(=O)OC(C)C)C(=O)OC(C)C)C1CCCCC1. The van der Waals surface area contributed by atoms with Gasteiger partial charge in [0.15, 0.2) is 0 Å². The van der Waals surface area contributed by atoms with Crippen LogP contribution in [0.5, 0.6) is 0 Å². The monoisotopic (exact) mass is 296 g/mol. The fraction of sp³-hybridized carbons (Fsp3) is 0.765. The van der Waals surface area contributed by atoms with E-state index < -0.39 is 11.9 Å². The lowest BCUT2D eigenvalue weighted by molar-refractivity contribution is -0.151. The van der Waals surface area contributed by atoms with Gasteiger partial charge in [0.25, 0.3) is 0 Å². The lowest BCUT2D eigenvalue weighted by atomic mass is 9.82. The predicted octanol–water partition coefficient (Wildman–Crippen LogP) is 3.79. The van der Waals surface area contributed by atoms with Crippen LogP contribution >= 0.6 is 0 Å². The van der Waals surface area contributed by atoms with E-state index >= 15 is 0 Å². The third-order valence-corrected chi connectivity index (χ3v) is 3.71. The van der Waals surface area contributed by atoms with Crippen molar-refractivity contribution in [2.75, 3.05) is 0 Å². The maximum atomic E-state index is 12.3. The normalized spacial score (nSPS) is 16.0. The van der Waals surface area contributed by atoms with Gasteiger partial charge in [-0.3, -0.25) is 0 Å². The van der Waals surface area contributed by atoms with E-state index in [4.69, 9.17) is 9.47 Å². The molecule has 120 valence electrons. The van der Waals surface area contributed by atoms with Gasteiger partial charge in [-0.05, 0) is 59.0 Å². The van der Waals surface area contributed by atoms with E-state index in [1.165, 1.54) is 6.42 Å². The summed E-state index contributed by atoms with van der Waals surface area (Å²) < 4.78 is 10.5. The van der Waals surface area contributed by atoms with Crippen LogP contribution in [-0.4, -0.2) is 24.1 Å². The Morgan fingerprint density at radius 2 is 1.29 bits per heavy atom. The van der Waals surface area contributed by atoms with Crippen molar-refractivity contribution < 1.29 is 19.1 Å². The quantitative estimate of drug-likeness (QED) is 0.335. The lowest BCUT2D eigenvalue weighted by Crippen LogP contribution is -2.26. The van der Waals surface area contributed by atoms with Gasteiger partial charge in [0.2, 0.25) is 0 Å². The summed E-state index contributed by atoms with van der Waals surface area (Å²) in [6.07, 6.45) is 5.07. The van der Waals surface area contributed by atoms with Crippen molar-refractivity contribution in [1.82, 2.24) is 0 Å². The van der Waals surface area contributed by atoms with Crippen molar-refractivity contribution in [2.45, 2.75) is 78.9 Å². The molecule has 0 aliphatic heterocycles. The van der Waals surface area contributed by atoms with Crippen LogP contribution in [0.15, 0.2) is 11.1 Å². The van der Waals surface area contributed by atoms with Crippen LogP contribution in [0.4, 0.5) is 0 Å². The van der Waals surface area contributed by atoms with Gasteiger partial charge in [-0.15, -0.1) is 0 Å². The molecule has 0 unspecified atom stereocenters. The molecule has 0 aromatic rings. The summed E-state index contributed by atoms with van der Waals surface area (Å²) in [4.78, 5) is 24.6. The highest BCUT2D eigenvalue weighted by molar-refractivity contribution is 6.14. The highest BCUT2D eigenvalue weighted by Crippen LogP contribution is 2.32. The van der Waals surface area contributed by atoms with Crippen molar-refractivity contribution >= 4 is 11.9 Å². The van der Waals surface area contributed by atoms with Crippen LogP contribution in [0.1, 0.15) is 66.7 Å². The molecule has 0 spiro atoms. The van der Waals surface area contributed by atoms with E-state index in [0.717, 1.165) is 31.3 Å². The van der Waals surface area contributed by atoms with Crippen molar-refractivity contribution in [3.8, 4) is 0 Å². The minimum absolute atomic E-state index is 0.101. The first-order chi connectivity index (χ1) is 9.82. The minimum Gasteiger partial charge on any atom is -0.459 e. The Bertz CT molecular complexity index is 377. The smallest absolute Gasteiger partial charge is 0.345 e. The Kier molecular flexibility index (Phi) is 6.93. The molecule has 21 heavy (non-hydrogen) atoms. The molecule has 0 aromatic heterocycles. The molecule has 1 rings (SSSR count). The van der Waals surface area contributed by atoms with E-state index in [-0.39, 0.29) is 23.7 Å². The van der Waals surface area contributed by atoms with E-state index in [9.17, 15) is 9.59 Å². The van der Waals surface area contributed by atoms with Crippen molar-refractivity contribution in [1.29, 1.82) is 0 Å². The van der Waals surface area contributed by atoms with Gasteiger partial charge in [0, 0.05) is 0 Å². The topological polar surface area (TPSA) is 52.6 Å². The summed E-state index contributed by atoms with van der Waals surface area (Å²) in [6, 6.07) is 0. The molecule has 4 nitrogen and oxygen atoms in total. The Morgan fingerprint density at radius 3 is 1.67 bits per heavy atom. The first-order valence-corrected chi connectivity index (χ1v) is 7.95. The summed E-state index contributed by atoms with van der Waals surface area (Å²) >= 11 is 0. The maximum Gasteiger partial charge on any atom is 0.345 e. The third kappa shape index (κ3) is 5.52. The number of hydrogen-bond donors (Lipinski definition) is 0. The fourth-order valence-electron chi connectivity index (χ4n) is 2.69. The van der Waals surface area contributed by atoms with Gasteiger partial charge >= 0.3 is 11.9 Å². The molecule has 1 fully saturated rings. The maximum absolute atomic E-state index is 12.3. The van der Waals surface area contributed by atoms with Gasteiger partial charge in [-0.1, -0.05) is 19.3 Å². The van der Waals surface area contributed by atoms with Crippen LogP contribution in [-0.2, 0) is 19.1 Å². The Labute approximate surface area is 127 Å². The number of carbonyl (C=O) groups is 2. The number of ether oxygens (including phenoxy) is 2. The van der Waals surface area contributed by atoms with Gasteiger partial charge in [-0.2, -0.15) is 0 Å². The molecule has 0 radical (unpaired) electrons. The largest absolute Gasteiger partial charge is 0.459 e. The van der Waals surface area contributed by atoms with Gasteiger partial charge < -0.3 is 9.47 Å². The predicted molar refractivity (Wildman–Crippen MR) is 81.7 cm³/mol. The number of hydrogen-bond acceptors (Lipinski definition) is 4.